The predicted molar refractivity (Wildman–Crippen MR) is 45.8 cm³/mol. The second-order valence-electron chi connectivity index (χ2n) is 3.00. The highest BCUT2D eigenvalue weighted by atomic mass is 16.6. The summed E-state index contributed by atoms with van der Waals surface area (Å²) in [6.45, 7) is 5.04. The second kappa shape index (κ2) is 5.05. The molecule has 0 bridgehead atoms. The fraction of sp³-hybridized carbons (Fsp3) is 1.00. The van der Waals surface area contributed by atoms with Crippen molar-refractivity contribution in [2.45, 2.75) is 6.42 Å². The number of rotatable bonds is 4. The van der Waals surface area contributed by atoms with Crippen molar-refractivity contribution in [3.8, 4) is 0 Å². The van der Waals surface area contributed by atoms with Crippen LogP contribution in [0.3, 0.4) is 0 Å². The lowest BCUT2D eigenvalue weighted by Gasteiger charge is -2.26. The van der Waals surface area contributed by atoms with Crippen LogP contribution in [0.4, 0.5) is 0 Å². The van der Waals surface area contributed by atoms with Crippen LogP contribution in [0.1, 0.15) is 6.42 Å². The van der Waals surface area contributed by atoms with Gasteiger partial charge in [0, 0.05) is 44.1 Å². The van der Waals surface area contributed by atoms with Gasteiger partial charge in [0.2, 0.25) is 6.54 Å². The van der Waals surface area contributed by atoms with E-state index in [1.54, 1.807) is 0 Å². The van der Waals surface area contributed by atoms with Crippen LogP contribution in [0, 0.1) is 10.1 Å². The number of nitro groups is 1. The molecule has 1 rings (SSSR count). The Hall–Kier alpha value is -0.680. The predicted octanol–water partition coefficient (Wildman–Crippen LogP) is -0.442. The first kappa shape index (κ1) is 9.41. The van der Waals surface area contributed by atoms with Gasteiger partial charge in [0.1, 0.15) is 0 Å². The standard InChI is InChI=1S/C7H15N3O2/c11-10(12)5-1-4-9-6-2-8-3-7-9/h8H,1-7H2. The van der Waals surface area contributed by atoms with Gasteiger partial charge in [-0.2, -0.15) is 0 Å². The van der Waals surface area contributed by atoms with Gasteiger partial charge in [0.25, 0.3) is 0 Å². The summed E-state index contributed by atoms with van der Waals surface area (Å²) in [6.07, 6.45) is 0.674. The molecule has 0 aromatic heterocycles. The zero-order chi connectivity index (χ0) is 8.81. The highest BCUT2D eigenvalue weighted by Gasteiger charge is 2.09. The molecule has 0 aliphatic carbocycles. The molecule has 5 nitrogen and oxygen atoms in total. The van der Waals surface area contributed by atoms with Crippen molar-refractivity contribution in [3.63, 3.8) is 0 Å². The molecule has 12 heavy (non-hydrogen) atoms. The average Bonchev–Trinajstić information content (AvgIpc) is 2.05. The Morgan fingerprint density at radius 3 is 2.67 bits per heavy atom. The van der Waals surface area contributed by atoms with Gasteiger partial charge >= 0.3 is 0 Å². The van der Waals surface area contributed by atoms with E-state index < -0.39 is 0 Å². The van der Waals surface area contributed by atoms with Crippen molar-refractivity contribution in [2.75, 3.05) is 39.3 Å². The molecule has 0 atom stereocenters. The molecule has 0 unspecified atom stereocenters. The first-order valence-electron chi connectivity index (χ1n) is 4.34. The van der Waals surface area contributed by atoms with Gasteiger partial charge in [0.05, 0.1) is 0 Å². The monoisotopic (exact) mass is 173 g/mol. The summed E-state index contributed by atoms with van der Waals surface area (Å²) in [6, 6.07) is 0. The van der Waals surface area contributed by atoms with E-state index in [9.17, 15) is 10.1 Å². The molecule has 0 radical (unpaired) electrons. The van der Waals surface area contributed by atoms with Crippen LogP contribution < -0.4 is 5.32 Å². The number of nitrogens with zero attached hydrogens (tertiary/aromatic N) is 2. The summed E-state index contributed by atoms with van der Waals surface area (Å²) >= 11 is 0. The quantitative estimate of drug-likeness (QED) is 0.462. The van der Waals surface area contributed by atoms with Gasteiger partial charge in [-0.3, -0.25) is 10.1 Å². The van der Waals surface area contributed by atoms with E-state index in [1.165, 1.54) is 0 Å². The Balaban J connectivity index is 2.01. The molecule has 1 fully saturated rings. The van der Waals surface area contributed by atoms with Crippen molar-refractivity contribution in [1.29, 1.82) is 0 Å². The number of hydrogen-bond donors (Lipinski definition) is 1. The van der Waals surface area contributed by atoms with Crippen LogP contribution in [0.5, 0.6) is 0 Å². The maximum absolute atomic E-state index is 10.0. The van der Waals surface area contributed by atoms with Crippen molar-refractivity contribution in [1.82, 2.24) is 10.2 Å². The summed E-state index contributed by atoms with van der Waals surface area (Å²) in [7, 11) is 0. The van der Waals surface area contributed by atoms with Gasteiger partial charge in [-0.25, -0.2) is 0 Å². The molecule has 70 valence electrons. The van der Waals surface area contributed by atoms with Crippen molar-refractivity contribution >= 4 is 0 Å². The minimum Gasteiger partial charge on any atom is -0.314 e. The van der Waals surface area contributed by atoms with Crippen molar-refractivity contribution < 1.29 is 4.92 Å². The van der Waals surface area contributed by atoms with Gasteiger partial charge < -0.3 is 10.2 Å². The lowest BCUT2D eigenvalue weighted by atomic mass is 10.3. The molecule has 1 N–H and O–H groups in total. The molecular formula is C7H15N3O2. The third kappa shape index (κ3) is 3.64. The lowest BCUT2D eigenvalue weighted by Crippen LogP contribution is -2.44. The maximum atomic E-state index is 10.0. The zero-order valence-corrected chi connectivity index (χ0v) is 7.16. The molecule has 1 heterocycles. The van der Waals surface area contributed by atoms with E-state index in [4.69, 9.17) is 0 Å². The van der Waals surface area contributed by atoms with Crippen LogP contribution >= 0.6 is 0 Å². The van der Waals surface area contributed by atoms with Crippen LogP contribution in [-0.2, 0) is 0 Å². The summed E-state index contributed by atoms with van der Waals surface area (Å²) in [4.78, 5) is 12.0. The van der Waals surface area contributed by atoms with E-state index >= 15 is 0 Å². The lowest BCUT2D eigenvalue weighted by molar-refractivity contribution is -0.480. The van der Waals surface area contributed by atoms with Gasteiger partial charge in [0.15, 0.2) is 0 Å². The molecule has 0 aromatic rings. The SMILES string of the molecule is O=[N+]([O-])CCCN1CCNCC1. The molecule has 5 heteroatoms. The summed E-state index contributed by atoms with van der Waals surface area (Å²) in [5, 5.41) is 13.3. The molecule has 0 amide bonds. The van der Waals surface area contributed by atoms with Crippen LogP contribution in [-0.4, -0.2) is 49.1 Å². The highest BCUT2D eigenvalue weighted by Crippen LogP contribution is 1.93. The first-order valence-corrected chi connectivity index (χ1v) is 4.34. The summed E-state index contributed by atoms with van der Waals surface area (Å²) < 4.78 is 0. The summed E-state index contributed by atoms with van der Waals surface area (Å²) in [5.41, 5.74) is 0. The third-order valence-corrected chi connectivity index (χ3v) is 2.02. The van der Waals surface area contributed by atoms with Crippen molar-refractivity contribution in [2.24, 2.45) is 0 Å². The second-order valence-corrected chi connectivity index (χ2v) is 3.00. The third-order valence-electron chi connectivity index (χ3n) is 2.02. The van der Waals surface area contributed by atoms with E-state index in [0.29, 0.717) is 6.42 Å². The Morgan fingerprint density at radius 1 is 1.42 bits per heavy atom. The van der Waals surface area contributed by atoms with E-state index in [0.717, 1.165) is 32.7 Å². The Kier molecular flexibility index (Phi) is 3.96. The van der Waals surface area contributed by atoms with Gasteiger partial charge in [-0.05, 0) is 0 Å². The van der Waals surface area contributed by atoms with E-state index in [2.05, 4.69) is 10.2 Å². The van der Waals surface area contributed by atoms with Crippen LogP contribution in [0.15, 0.2) is 0 Å². The highest BCUT2D eigenvalue weighted by molar-refractivity contribution is 4.66. The van der Waals surface area contributed by atoms with Crippen molar-refractivity contribution in [3.05, 3.63) is 10.1 Å². The first-order chi connectivity index (χ1) is 5.79. The molecule has 1 saturated heterocycles. The minimum atomic E-state index is -0.248. The molecule has 1 aliphatic rings. The van der Waals surface area contributed by atoms with Gasteiger partial charge in [-0.1, -0.05) is 0 Å². The fourth-order valence-electron chi connectivity index (χ4n) is 1.36. The smallest absolute Gasteiger partial charge is 0.205 e. The number of piperazine rings is 1. The Bertz CT molecular complexity index is 146. The molecule has 0 spiro atoms. The molecule has 1 aliphatic heterocycles. The number of nitrogens with one attached hydrogen (secondary N) is 1. The van der Waals surface area contributed by atoms with E-state index in [-0.39, 0.29) is 11.5 Å². The van der Waals surface area contributed by atoms with Crippen LogP contribution in [0.25, 0.3) is 0 Å². The summed E-state index contributed by atoms with van der Waals surface area (Å²) in [5.74, 6) is 0. The molecule has 0 aromatic carbocycles. The van der Waals surface area contributed by atoms with Gasteiger partial charge in [-0.15, -0.1) is 0 Å². The molecular weight excluding hydrogens is 158 g/mol. The maximum Gasteiger partial charge on any atom is 0.205 e. The van der Waals surface area contributed by atoms with Crippen LogP contribution in [0.2, 0.25) is 0 Å². The fourth-order valence-corrected chi connectivity index (χ4v) is 1.36. The zero-order valence-electron chi connectivity index (χ0n) is 7.16. The van der Waals surface area contributed by atoms with E-state index in [1.807, 2.05) is 0 Å². The Labute approximate surface area is 71.9 Å². The average molecular weight is 173 g/mol. The largest absolute Gasteiger partial charge is 0.314 e. The normalized spacial score (nSPS) is 19.3. The Morgan fingerprint density at radius 2 is 2.08 bits per heavy atom. The number of hydrogen-bond acceptors (Lipinski definition) is 4. The topological polar surface area (TPSA) is 58.4 Å². The minimum absolute atomic E-state index is 0.101. The molecule has 0 saturated carbocycles.